The topological polar surface area (TPSA) is 266 Å². The number of rotatable bonds is 56. The van der Waals surface area contributed by atoms with Crippen molar-refractivity contribution in [3.63, 3.8) is 0 Å². The first-order valence-corrected chi connectivity index (χ1v) is 38.2. The summed E-state index contributed by atoms with van der Waals surface area (Å²) in [5.41, 5.74) is -0.264. The molecule has 4 aromatic rings. The highest BCUT2D eigenvalue weighted by Crippen LogP contribution is 2.35. The van der Waals surface area contributed by atoms with Crippen molar-refractivity contribution in [2.75, 3.05) is 19.6 Å². The van der Waals surface area contributed by atoms with E-state index in [1.807, 2.05) is 0 Å². The third kappa shape index (κ3) is 30.8. The number of carbonyl (C=O) groups excluding carboxylic acids is 3. The smallest absolute Gasteiger partial charge is 0.333 e. The quantitative estimate of drug-likeness (QED) is 0.0244. The van der Waals surface area contributed by atoms with Crippen LogP contribution in [0.1, 0.15) is 302 Å². The van der Waals surface area contributed by atoms with E-state index in [4.69, 9.17) is 28.4 Å². The number of carbonyl (C=O) groups is 3. The average molecular weight is 1360 g/mol. The van der Waals surface area contributed by atoms with E-state index in [1.165, 1.54) is 114 Å². The second-order valence-electron chi connectivity index (χ2n) is 27.5. The molecule has 6 heterocycles. The lowest BCUT2D eigenvalue weighted by Crippen LogP contribution is -2.44. The third-order valence-electron chi connectivity index (χ3n) is 18.8. The Morgan fingerprint density at radius 3 is 1.26 bits per heavy atom. The van der Waals surface area contributed by atoms with Gasteiger partial charge in [-0.25, -0.2) is 18.8 Å². The Hall–Kier alpha value is -5.69. The SMILES string of the molecule is CCCCCCCCC(CCCCCC)OC(=O)Cn1cc(CO[C@@H]2[C@H](OCc3cn(CC(=O)OC(CCCCCC)CCCCCCCC)nn3)[C@@H](CN3CCC(O)C3)O[C@H]2n2ccc(=O)n(Cc3cn(CC(=O)OC(CCCCCC)CCCCCCCC)nn3)c2=O)nn1. The largest absolute Gasteiger partial charge is 0.461 e. The van der Waals surface area contributed by atoms with Crippen LogP contribution in [0.25, 0.3) is 0 Å². The summed E-state index contributed by atoms with van der Waals surface area (Å²) in [6.07, 6.45) is 40.4. The molecule has 0 aromatic carbocycles. The van der Waals surface area contributed by atoms with Gasteiger partial charge in [0.2, 0.25) is 0 Å². The first-order chi connectivity index (χ1) is 47.3. The van der Waals surface area contributed by atoms with E-state index in [1.54, 1.807) is 12.4 Å². The average Bonchev–Trinajstić information content (AvgIpc) is 1.67. The van der Waals surface area contributed by atoms with Crippen molar-refractivity contribution in [2.24, 2.45) is 0 Å². The molecule has 24 nitrogen and oxygen atoms in total. The number of nitrogens with zero attached hydrogens (tertiary/aromatic N) is 12. The highest BCUT2D eigenvalue weighted by atomic mass is 16.6. The van der Waals surface area contributed by atoms with Gasteiger partial charge in [0, 0.05) is 31.9 Å². The number of hydrogen-bond acceptors (Lipinski definition) is 19. The predicted molar refractivity (Wildman–Crippen MR) is 372 cm³/mol. The van der Waals surface area contributed by atoms with Gasteiger partial charge in [-0.1, -0.05) is 211 Å². The molecule has 2 aliphatic heterocycles. The summed E-state index contributed by atoms with van der Waals surface area (Å²) in [7, 11) is 0. The number of aromatic nitrogens is 11. The summed E-state index contributed by atoms with van der Waals surface area (Å²) in [5, 5.41) is 36.6. The Kier molecular flexibility index (Phi) is 39.2. The molecule has 4 aromatic heterocycles. The summed E-state index contributed by atoms with van der Waals surface area (Å²) in [5.74, 6) is -1.21. The van der Waals surface area contributed by atoms with Gasteiger partial charge in [-0.15, -0.1) is 15.3 Å². The molecule has 548 valence electrons. The van der Waals surface area contributed by atoms with Gasteiger partial charge in [0.05, 0.1) is 44.5 Å². The minimum absolute atomic E-state index is 0.0973. The van der Waals surface area contributed by atoms with Crippen molar-refractivity contribution in [3.8, 4) is 0 Å². The van der Waals surface area contributed by atoms with Gasteiger partial charge in [-0.3, -0.25) is 33.2 Å². The van der Waals surface area contributed by atoms with Crippen LogP contribution in [0, 0.1) is 0 Å². The molecule has 0 amide bonds. The van der Waals surface area contributed by atoms with Crippen LogP contribution in [0.2, 0.25) is 0 Å². The number of ether oxygens (including phenoxy) is 6. The van der Waals surface area contributed by atoms with Crippen LogP contribution >= 0.6 is 0 Å². The number of likely N-dealkylation sites (tertiary alicyclic amines) is 1. The van der Waals surface area contributed by atoms with Crippen LogP contribution in [0.15, 0.2) is 40.4 Å². The van der Waals surface area contributed by atoms with Gasteiger partial charge in [0.25, 0.3) is 5.56 Å². The highest BCUT2D eigenvalue weighted by molar-refractivity contribution is 5.70. The van der Waals surface area contributed by atoms with Crippen LogP contribution in [0.3, 0.4) is 0 Å². The first-order valence-electron chi connectivity index (χ1n) is 38.2. The van der Waals surface area contributed by atoms with Gasteiger partial charge >= 0.3 is 23.6 Å². The van der Waals surface area contributed by atoms with E-state index in [9.17, 15) is 29.1 Å². The summed E-state index contributed by atoms with van der Waals surface area (Å²) in [4.78, 5) is 71.4. The fraction of sp³-hybridized carbons (Fsp3) is 0.822. The Labute approximate surface area is 578 Å². The fourth-order valence-electron chi connectivity index (χ4n) is 13.2. The van der Waals surface area contributed by atoms with Crippen LogP contribution in [0.4, 0.5) is 0 Å². The van der Waals surface area contributed by atoms with Crippen molar-refractivity contribution in [3.05, 3.63) is 68.8 Å². The molecule has 97 heavy (non-hydrogen) atoms. The van der Waals surface area contributed by atoms with Crippen molar-refractivity contribution in [1.29, 1.82) is 0 Å². The van der Waals surface area contributed by atoms with Crippen LogP contribution in [0.5, 0.6) is 0 Å². The van der Waals surface area contributed by atoms with Crippen LogP contribution in [-0.2, 0) is 82.2 Å². The van der Waals surface area contributed by atoms with Gasteiger partial charge in [0.15, 0.2) is 6.23 Å². The second kappa shape index (κ2) is 47.4. The van der Waals surface area contributed by atoms with E-state index in [-0.39, 0.29) is 75.9 Å². The zero-order valence-electron chi connectivity index (χ0n) is 60.3. The Bertz CT molecular complexity index is 2890. The molecule has 2 aliphatic rings. The standard InChI is InChI=1S/C73H124N12O12/c1-7-13-19-25-28-34-40-62(37-31-22-16-10-4)94-67(88)53-81-47-58(74-77-81)50-85-66(87)44-46-84(73(85)91)72-71(93-57-60-49-83(79-76-60)55-69(90)96-64(39-33-24-18-12-6)42-36-30-27-21-15-9-3)70(65(97-72)52-80-45-43-61(86)51-80)92-56-59-48-82(78-75-59)54-68(89)95-63(38-32-23-17-11-5)41-35-29-26-20-14-8-2/h44,46-49,61-65,70-72,86H,7-43,45,50-57H2,1-6H3/t61?,62?,63?,64?,65-,70-,71-,72-/m1/s1. The summed E-state index contributed by atoms with van der Waals surface area (Å²) in [6, 6.07) is 1.27. The van der Waals surface area contributed by atoms with Crippen molar-refractivity contribution in [1.82, 2.24) is 59.0 Å². The van der Waals surface area contributed by atoms with Crippen LogP contribution < -0.4 is 11.2 Å². The van der Waals surface area contributed by atoms with Gasteiger partial charge in [0.1, 0.15) is 73.3 Å². The van der Waals surface area contributed by atoms with Crippen molar-refractivity contribution < 1.29 is 47.9 Å². The summed E-state index contributed by atoms with van der Waals surface area (Å²) >= 11 is 0. The number of aliphatic hydroxyl groups is 1. The number of aliphatic hydroxyl groups excluding tert-OH is 1. The molecule has 0 aliphatic carbocycles. The monoisotopic (exact) mass is 1360 g/mol. The maximum Gasteiger partial charge on any atom is 0.333 e. The maximum absolute atomic E-state index is 14.9. The predicted octanol–water partition coefficient (Wildman–Crippen LogP) is 12.9. The van der Waals surface area contributed by atoms with Gasteiger partial charge in [-0.2, -0.15) is 0 Å². The number of esters is 3. The first kappa shape index (κ1) is 80.3. The number of hydrogen-bond donors (Lipinski definition) is 1. The molecule has 0 radical (unpaired) electrons. The van der Waals surface area contributed by atoms with Gasteiger partial charge in [-0.05, 0) is 83.5 Å². The fourth-order valence-corrected chi connectivity index (χ4v) is 13.2. The molecule has 2 fully saturated rings. The highest BCUT2D eigenvalue weighted by Gasteiger charge is 2.49. The van der Waals surface area contributed by atoms with E-state index >= 15 is 0 Å². The molecular formula is C73H124N12O12. The zero-order chi connectivity index (χ0) is 69.2. The number of β-amino-alcohol motifs (C(OH)–C–C–N with tert-alkyl or cyclic N) is 1. The lowest BCUT2D eigenvalue weighted by molar-refractivity contribution is -0.151. The normalized spacial score (nSPS) is 18.2. The van der Waals surface area contributed by atoms with Crippen molar-refractivity contribution in [2.45, 2.75) is 367 Å². The van der Waals surface area contributed by atoms with Crippen molar-refractivity contribution >= 4 is 17.9 Å². The third-order valence-corrected chi connectivity index (χ3v) is 18.8. The zero-order valence-corrected chi connectivity index (χ0v) is 60.3. The Morgan fingerprint density at radius 2 is 0.866 bits per heavy atom. The molecule has 2 saturated heterocycles. The molecular weight excluding hydrogens is 1240 g/mol. The molecule has 0 spiro atoms. The molecule has 4 unspecified atom stereocenters. The van der Waals surface area contributed by atoms with Gasteiger partial charge < -0.3 is 33.5 Å². The van der Waals surface area contributed by atoms with E-state index in [2.05, 4.69) is 77.4 Å². The Balaban J connectivity index is 1.22. The van der Waals surface area contributed by atoms with E-state index in [0.29, 0.717) is 30.9 Å². The summed E-state index contributed by atoms with van der Waals surface area (Å²) < 4.78 is 45.4. The van der Waals surface area contributed by atoms with E-state index in [0.717, 1.165) is 159 Å². The number of unbranched alkanes of at least 4 members (excludes halogenated alkanes) is 24. The molecule has 0 bridgehead atoms. The molecule has 8 atom stereocenters. The lowest BCUT2D eigenvalue weighted by atomic mass is 10.0. The molecule has 0 saturated carbocycles. The minimum Gasteiger partial charge on any atom is -0.461 e. The molecule has 24 heteroatoms. The van der Waals surface area contributed by atoms with Crippen LogP contribution in [-0.4, -0.2) is 144 Å². The molecule has 1 N–H and O–H groups in total. The second-order valence-corrected chi connectivity index (χ2v) is 27.5. The lowest BCUT2D eigenvalue weighted by Gasteiger charge is -2.26. The maximum atomic E-state index is 14.9. The van der Waals surface area contributed by atoms with E-state index < -0.39 is 53.8 Å². The summed E-state index contributed by atoms with van der Waals surface area (Å²) in [6.45, 7) is 13.4. The minimum atomic E-state index is -1.19. The molecule has 6 rings (SSSR count). The Morgan fingerprint density at radius 1 is 0.505 bits per heavy atom.